The smallest absolute Gasteiger partial charge is 0.256 e. The molecule has 0 spiro atoms. The van der Waals surface area contributed by atoms with Crippen LogP contribution < -0.4 is 0 Å². The van der Waals surface area contributed by atoms with Crippen LogP contribution in [0.1, 0.15) is 21.7 Å². The summed E-state index contributed by atoms with van der Waals surface area (Å²) in [6.45, 7) is 9.22. The summed E-state index contributed by atoms with van der Waals surface area (Å²) < 4.78 is 7.31. The molecule has 1 aliphatic heterocycles. The number of hydrogen-bond acceptors (Lipinski definition) is 4. The van der Waals surface area contributed by atoms with Crippen LogP contribution in [0.25, 0.3) is 5.00 Å². The average molecular weight is 347 g/mol. The van der Waals surface area contributed by atoms with Crippen molar-refractivity contribution >= 4 is 17.2 Å². The van der Waals surface area contributed by atoms with E-state index in [1.807, 2.05) is 16.3 Å². The Morgan fingerprint density at radius 2 is 1.79 bits per heavy atom. The molecule has 5 nitrogen and oxygen atoms in total. The van der Waals surface area contributed by atoms with Crippen LogP contribution in [0.4, 0.5) is 0 Å². The van der Waals surface area contributed by atoms with Crippen LogP contribution in [-0.4, -0.2) is 66.7 Å². The molecule has 1 fully saturated rings. The molecule has 0 aliphatic carbocycles. The first-order chi connectivity index (χ1) is 11.6. The van der Waals surface area contributed by atoms with Crippen molar-refractivity contribution in [2.45, 2.75) is 13.8 Å². The molecular formula is C18H25N3O2S. The van der Waals surface area contributed by atoms with Gasteiger partial charge < -0.3 is 14.2 Å². The summed E-state index contributed by atoms with van der Waals surface area (Å²) in [5.74, 6) is 0.144. The SMILES string of the molecule is COCCN1CCN(C(=O)c2ccsc2-n2c(C)ccc2C)CC1. The van der Waals surface area contributed by atoms with Crippen molar-refractivity contribution in [3.8, 4) is 5.00 Å². The summed E-state index contributed by atoms with van der Waals surface area (Å²) in [6, 6.07) is 6.15. The first-order valence-electron chi connectivity index (χ1n) is 8.35. The van der Waals surface area contributed by atoms with Gasteiger partial charge in [0.25, 0.3) is 5.91 Å². The third kappa shape index (κ3) is 3.41. The molecule has 2 aromatic heterocycles. The number of ether oxygens (including phenoxy) is 1. The molecule has 0 unspecified atom stereocenters. The topological polar surface area (TPSA) is 37.7 Å². The zero-order chi connectivity index (χ0) is 17.1. The zero-order valence-corrected chi connectivity index (χ0v) is 15.4. The fourth-order valence-electron chi connectivity index (χ4n) is 3.19. The minimum atomic E-state index is 0.144. The highest BCUT2D eigenvalue weighted by molar-refractivity contribution is 7.13. The summed E-state index contributed by atoms with van der Waals surface area (Å²) >= 11 is 1.63. The molecular weight excluding hydrogens is 322 g/mol. The largest absolute Gasteiger partial charge is 0.383 e. The van der Waals surface area contributed by atoms with E-state index in [4.69, 9.17) is 4.74 Å². The second-order valence-corrected chi connectivity index (χ2v) is 7.11. The van der Waals surface area contributed by atoms with Gasteiger partial charge in [-0.1, -0.05) is 0 Å². The Morgan fingerprint density at radius 3 is 2.42 bits per heavy atom. The van der Waals surface area contributed by atoms with Gasteiger partial charge in [-0.25, -0.2) is 0 Å². The van der Waals surface area contributed by atoms with E-state index in [-0.39, 0.29) is 5.91 Å². The van der Waals surface area contributed by atoms with Gasteiger partial charge in [0.2, 0.25) is 0 Å². The number of nitrogens with zero attached hydrogens (tertiary/aromatic N) is 3. The maximum absolute atomic E-state index is 13.0. The molecule has 3 rings (SSSR count). The summed E-state index contributed by atoms with van der Waals surface area (Å²) in [5.41, 5.74) is 3.13. The lowest BCUT2D eigenvalue weighted by molar-refractivity contribution is 0.0594. The van der Waals surface area contributed by atoms with Gasteiger partial charge in [-0.3, -0.25) is 9.69 Å². The van der Waals surface area contributed by atoms with E-state index < -0.39 is 0 Å². The second kappa shape index (κ2) is 7.51. The van der Waals surface area contributed by atoms with Gasteiger partial charge in [0, 0.05) is 51.2 Å². The van der Waals surface area contributed by atoms with Gasteiger partial charge in [0.05, 0.1) is 12.2 Å². The molecule has 0 radical (unpaired) electrons. The molecule has 1 saturated heterocycles. The highest BCUT2D eigenvalue weighted by Crippen LogP contribution is 2.27. The molecule has 6 heteroatoms. The van der Waals surface area contributed by atoms with Crippen LogP contribution in [0.3, 0.4) is 0 Å². The van der Waals surface area contributed by atoms with Gasteiger partial charge in [-0.2, -0.15) is 0 Å². The number of carbonyl (C=O) groups is 1. The maximum atomic E-state index is 13.0. The van der Waals surface area contributed by atoms with Gasteiger partial charge in [0.1, 0.15) is 5.00 Å². The molecule has 0 atom stereocenters. The Labute approximate surface area is 147 Å². The fourth-order valence-corrected chi connectivity index (χ4v) is 4.20. The lowest BCUT2D eigenvalue weighted by atomic mass is 10.2. The molecule has 0 saturated carbocycles. The summed E-state index contributed by atoms with van der Waals surface area (Å²) in [4.78, 5) is 17.3. The number of aryl methyl sites for hydroxylation is 2. The third-order valence-corrected chi connectivity index (χ3v) is 5.52. The van der Waals surface area contributed by atoms with Gasteiger partial charge >= 0.3 is 0 Å². The van der Waals surface area contributed by atoms with Crippen LogP contribution in [0, 0.1) is 13.8 Å². The first kappa shape index (κ1) is 17.2. The van der Waals surface area contributed by atoms with Crippen molar-refractivity contribution in [2.75, 3.05) is 46.4 Å². The number of thiophene rings is 1. The number of aromatic nitrogens is 1. The van der Waals surface area contributed by atoms with E-state index in [9.17, 15) is 4.79 Å². The number of rotatable bonds is 5. The fraction of sp³-hybridized carbons (Fsp3) is 0.500. The van der Waals surface area contributed by atoms with E-state index >= 15 is 0 Å². The number of methoxy groups -OCH3 is 1. The summed E-state index contributed by atoms with van der Waals surface area (Å²) in [5, 5.41) is 3.04. The Bertz CT molecular complexity index is 679. The van der Waals surface area contributed by atoms with Crippen molar-refractivity contribution < 1.29 is 9.53 Å². The Kier molecular flexibility index (Phi) is 5.38. The van der Waals surface area contributed by atoms with Crippen molar-refractivity contribution in [1.82, 2.24) is 14.4 Å². The lowest BCUT2D eigenvalue weighted by Crippen LogP contribution is -2.49. The highest BCUT2D eigenvalue weighted by Gasteiger charge is 2.25. The van der Waals surface area contributed by atoms with Gasteiger partial charge in [-0.15, -0.1) is 11.3 Å². The van der Waals surface area contributed by atoms with E-state index in [0.29, 0.717) is 0 Å². The van der Waals surface area contributed by atoms with Crippen molar-refractivity contribution in [2.24, 2.45) is 0 Å². The second-order valence-electron chi connectivity index (χ2n) is 6.22. The van der Waals surface area contributed by atoms with Gasteiger partial charge in [0.15, 0.2) is 0 Å². The average Bonchev–Trinajstić information content (AvgIpc) is 3.19. The quantitative estimate of drug-likeness (QED) is 0.834. The number of carbonyl (C=O) groups excluding carboxylic acids is 1. The predicted molar refractivity (Wildman–Crippen MR) is 97.3 cm³/mol. The summed E-state index contributed by atoms with van der Waals surface area (Å²) in [6.07, 6.45) is 0. The van der Waals surface area contributed by atoms with Gasteiger partial charge in [-0.05, 0) is 37.4 Å². The van der Waals surface area contributed by atoms with Crippen LogP contribution >= 0.6 is 11.3 Å². The molecule has 1 amide bonds. The Balaban J connectivity index is 1.73. The number of piperazine rings is 1. The minimum absolute atomic E-state index is 0.144. The van der Waals surface area contributed by atoms with Crippen LogP contribution in [0.15, 0.2) is 23.6 Å². The molecule has 2 aromatic rings. The van der Waals surface area contributed by atoms with E-state index in [1.165, 1.54) is 0 Å². The monoisotopic (exact) mass is 347 g/mol. The minimum Gasteiger partial charge on any atom is -0.383 e. The van der Waals surface area contributed by atoms with Crippen LogP contribution in [0.5, 0.6) is 0 Å². The Morgan fingerprint density at radius 1 is 1.12 bits per heavy atom. The molecule has 0 aromatic carbocycles. The highest BCUT2D eigenvalue weighted by atomic mass is 32.1. The molecule has 130 valence electrons. The van der Waals surface area contributed by atoms with Crippen LogP contribution in [0.2, 0.25) is 0 Å². The standard InChI is InChI=1S/C18H25N3O2S/c1-14-4-5-15(2)21(14)18-16(6-13-24-18)17(22)20-9-7-19(8-10-20)11-12-23-3/h4-6,13H,7-12H2,1-3H3. The normalized spacial score (nSPS) is 15.9. The number of hydrogen-bond donors (Lipinski definition) is 0. The maximum Gasteiger partial charge on any atom is 0.256 e. The van der Waals surface area contributed by atoms with Crippen molar-refractivity contribution in [1.29, 1.82) is 0 Å². The molecule has 0 N–H and O–H groups in total. The summed E-state index contributed by atoms with van der Waals surface area (Å²) in [7, 11) is 1.73. The third-order valence-electron chi connectivity index (χ3n) is 4.62. The van der Waals surface area contributed by atoms with E-state index in [2.05, 4.69) is 35.4 Å². The molecule has 1 aliphatic rings. The Hall–Kier alpha value is -1.63. The van der Waals surface area contributed by atoms with E-state index in [1.54, 1.807) is 18.4 Å². The van der Waals surface area contributed by atoms with Crippen molar-refractivity contribution in [3.05, 3.63) is 40.5 Å². The first-order valence-corrected chi connectivity index (χ1v) is 9.23. The molecule has 24 heavy (non-hydrogen) atoms. The zero-order valence-electron chi connectivity index (χ0n) is 14.6. The predicted octanol–water partition coefficient (Wildman–Crippen LogP) is 2.56. The number of amides is 1. The molecule has 0 bridgehead atoms. The lowest BCUT2D eigenvalue weighted by Gasteiger charge is -2.34. The van der Waals surface area contributed by atoms with Crippen molar-refractivity contribution in [3.63, 3.8) is 0 Å². The van der Waals surface area contributed by atoms with E-state index in [0.717, 1.165) is 61.3 Å². The molecule has 3 heterocycles. The van der Waals surface area contributed by atoms with Crippen LogP contribution in [-0.2, 0) is 4.74 Å².